The van der Waals surface area contributed by atoms with Crippen LogP contribution >= 0.6 is 0 Å². The van der Waals surface area contributed by atoms with Crippen LogP contribution in [0.1, 0.15) is 32.6 Å². The van der Waals surface area contributed by atoms with Gasteiger partial charge in [-0.05, 0) is 31.3 Å². The fourth-order valence-corrected chi connectivity index (χ4v) is 2.30. The Morgan fingerprint density at radius 2 is 2.28 bits per heavy atom. The van der Waals surface area contributed by atoms with Crippen LogP contribution in [-0.2, 0) is 9.59 Å². The number of carbonyl (C=O) groups excluding carboxylic acids is 2. The van der Waals surface area contributed by atoms with Crippen molar-refractivity contribution in [1.29, 1.82) is 0 Å². The third-order valence-corrected chi connectivity index (χ3v) is 3.17. The first-order chi connectivity index (χ1) is 8.45. The molecule has 102 valence electrons. The van der Waals surface area contributed by atoms with Gasteiger partial charge in [0.25, 0.3) is 6.08 Å². The van der Waals surface area contributed by atoms with Crippen LogP contribution in [0.5, 0.6) is 0 Å². The number of hydrogen-bond donors (Lipinski definition) is 1. The summed E-state index contributed by atoms with van der Waals surface area (Å²) in [5.41, 5.74) is 5.24. The summed E-state index contributed by atoms with van der Waals surface area (Å²) in [7, 11) is 0. The standard InChI is InChI=1S/C12H18F2N2O2/c1-2-9(12(15)18)16-7-8(6-10(13)14)4-3-5-11(16)17/h6,8-9H,2-5,7H2,1H3,(H2,15,18). The molecule has 1 aliphatic rings. The van der Waals surface area contributed by atoms with E-state index >= 15 is 0 Å². The van der Waals surface area contributed by atoms with E-state index in [1.807, 2.05) is 0 Å². The zero-order valence-corrected chi connectivity index (χ0v) is 10.4. The molecular formula is C12H18F2N2O2. The maximum atomic E-state index is 12.3. The summed E-state index contributed by atoms with van der Waals surface area (Å²) < 4.78 is 24.6. The molecule has 1 heterocycles. The zero-order chi connectivity index (χ0) is 13.7. The molecule has 0 spiro atoms. The highest BCUT2D eigenvalue weighted by atomic mass is 19.3. The quantitative estimate of drug-likeness (QED) is 0.835. The molecule has 1 fully saturated rings. The maximum absolute atomic E-state index is 12.3. The molecule has 2 N–H and O–H groups in total. The minimum absolute atomic E-state index is 0.137. The van der Waals surface area contributed by atoms with Crippen LogP contribution in [0, 0.1) is 5.92 Å². The van der Waals surface area contributed by atoms with Crippen molar-refractivity contribution in [2.45, 2.75) is 38.6 Å². The van der Waals surface area contributed by atoms with Crippen molar-refractivity contribution in [3.05, 3.63) is 12.2 Å². The van der Waals surface area contributed by atoms with Gasteiger partial charge in [-0.15, -0.1) is 0 Å². The lowest BCUT2D eigenvalue weighted by atomic mass is 10.0. The molecule has 0 aromatic carbocycles. The summed E-state index contributed by atoms with van der Waals surface area (Å²) in [6.07, 6.45) is 0.867. The van der Waals surface area contributed by atoms with E-state index in [2.05, 4.69) is 0 Å². The summed E-state index contributed by atoms with van der Waals surface area (Å²) in [5, 5.41) is 0. The normalized spacial score (nSPS) is 22.3. The lowest BCUT2D eigenvalue weighted by Crippen LogP contribution is -2.48. The van der Waals surface area contributed by atoms with Crippen molar-refractivity contribution in [3.8, 4) is 0 Å². The summed E-state index contributed by atoms with van der Waals surface area (Å²) in [6, 6.07) is -0.700. The van der Waals surface area contributed by atoms with Gasteiger partial charge in [-0.2, -0.15) is 8.78 Å². The third kappa shape index (κ3) is 3.78. The molecule has 2 atom stereocenters. The van der Waals surface area contributed by atoms with E-state index in [0.29, 0.717) is 19.3 Å². The van der Waals surface area contributed by atoms with Gasteiger partial charge in [-0.25, -0.2) is 0 Å². The first-order valence-electron chi connectivity index (χ1n) is 6.07. The second kappa shape index (κ2) is 6.47. The van der Waals surface area contributed by atoms with Crippen molar-refractivity contribution >= 4 is 11.8 Å². The Kier molecular flexibility index (Phi) is 5.25. The molecule has 1 rings (SSSR count). The molecule has 2 amide bonds. The van der Waals surface area contributed by atoms with Gasteiger partial charge in [0.05, 0.1) is 0 Å². The highest BCUT2D eigenvalue weighted by Gasteiger charge is 2.30. The van der Waals surface area contributed by atoms with Crippen molar-refractivity contribution in [2.75, 3.05) is 6.54 Å². The fraction of sp³-hybridized carbons (Fsp3) is 0.667. The Bertz CT molecular complexity index is 354. The number of carbonyl (C=O) groups is 2. The topological polar surface area (TPSA) is 63.4 Å². The van der Waals surface area contributed by atoms with Gasteiger partial charge < -0.3 is 10.6 Å². The van der Waals surface area contributed by atoms with E-state index in [9.17, 15) is 18.4 Å². The number of halogens is 2. The maximum Gasteiger partial charge on any atom is 0.266 e. The number of primary amides is 1. The molecule has 0 aromatic rings. The van der Waals surface area contributed by atoms with Crippen molar-refractivity contribution in [1.82, 2.24) is 4.90 Å². The largest absolute Gasteiger partial charge is 0.368 e. The fourth-order valence-electron chi connectivity index (χ4n) is 2.30. The van der Waals surface area contributed by atoms with E-state index in [1.54, 1.807) is 6.92 Å². The first kappa shape index (κ1) is 14.6. The van der Waals surface area contributed by atoms with Crippen LogP contribution in [0.15, 0.2) is 12.2 Å². The second-order valence-electron chi connectivity index (χ2n) is 4.48. The second-order valence-corrected chi connectivity index (χ2v) is 4.48. The van der Waals surface area contributed by atoms with Crippen LogP contribution in [0.25, 0.3) is 0 Å². The van der Waals surface area contributed by atoms with E-state index in [1.165, 1.54) is 4.90 Å². The number of nitrogens with zero attached hydrogens (tertiary/aromatic N) is 1. The molecule has 0 aromatic heterocycles. The molecule has 1 saturated heterocycles. The summed E-state index contributed by atoms with van der Waals surface area (Å²) >= 11 is 0. The molecule has 0 radical (unpaired) electrons. The van der Waals surface area contributed by atoms with Gasteiger partial charge in [-0.1, -0.05) is 6.92 Å². The van der Waals surface area contributed by atoms with Crippen molar-refractivity contribution in [2.24, 2.45) is 11.7 Å². The Labute approximate surface area is 105 Å². The third-order valence-electron chi connectivity index (χ3n) is 3.17. The average Bonchev–Trinajstić information content (AvgIpc) is 2.42. The summed E-state index contributed by atoms with van der Waals surface area (Å²) in [4.78, 5) is 24.5. The predicted molar refractivity (Wildman–Crippen MR) is 62.6 cm³/mol. The van der Waals surface area contributed by atoms with Crippen LogP contribution in [0.3, 0.4) is 0 Å². The van der Waals surface area contributed by atoms with Crippen LogP contribution in [-0.4, -0.2) is 29.3 Å². The van der Waals surface area contributed by atoms with E-state index in [0.717, 1.165) is 6.08 Å². The lowest BCUT2D eigenvalue weighted by Gasteiger charge is -2.29. The van der Waals surface area contributed by atoms with Gasteiger partial charge in [-0.3, -0.25) is 9.59 Å². The van der Waals surface area contributed by atoms with E-state index < -0.39 is 23.9 Å². The number of likely N-dealkylation sites (tertiary alicyclic amines) is 1. The van der Waals surface area contributed by atoms with Gasteiger partial charge in [0, 0.05) is 13.0 Å². The Balaban J connectivity index is 2.88. The predicted octanol–water partition coefficient (Wildman–Crippen LogP) is 1.66. The van der Waals surface area contributed by atoms with Crippen LogP contribution in [0.2, 0.25) is 0 Å². The summed E-state index contributed by atoms with van der Waals surface area (Å²) in [6.45, 7) is 1.88. The molecule has 18 heavy (non-hydrogen) atoms. The number of amides is 2. The van der Waals surface area contributed by atoms with E-state index in [-0.39, 0.29) is 18.9 Å². The van der Waals surface area contributed by atoms with Crippen molar-refractivity contribution in [3.63, 3.8) is 0 Å². The Morgan fingerprint density at radius 3 is 2.78 bits per heavy atom. The molecule has 6 heteroatoms. The van der Waals surface area contributed by atoms with Gasteiger partial charge in [0.15, 0.2) is 0 Å². The number of nitrogens with two attached hydrogens (primary N) is 1. The molecule has 0 aliphatic carbocycles. The van der Waals surface area contributed by atoms with E-state index in [4.69, 9.17) is 5.73 Å². The van der Waals surface area contributed by atoms with Gasteiger partial charge >= 0.3 is 0 Å². The number of rotatable bonds is 4. The van der Waals surface area contributed by atoms with Gasteiger partial charge in [0.1, 0.15) is 6.04 Å². The lowest BCUT2D eigenvalue weighted by molar-refractivity contribution is -0.139. The SMILES string of the molecule is CCC(C(N)=O)N1CC(C=C(F)F)CCCC1=O. The average molecular weight is 260 g/mol. The monoisotopic (exact) mass is 260 g/mol. The first-order valence-corrected chi connectivity index (χ1v) is 6.07. The Morgan fingerprint density at radius 1 is 1.61 bits per heavy atom. The smallest absolute Gasteiger partial charge is 0.266 e. The molecule has 0 saturated carbocycles. The van der Waals surface area contributed by atoms with Crippen LogP contribution in [0.4, 0.5) is 8.78 Å². The highest BCUT2D eigenvalue weighted by molar-refractivity contribution is 5.86. The highest BCUT2D eigenvalue weighted by Crippen LogP contribution is 2.22. The summed E-state index contributed by atoms with van der Waals surface area (Å²) in [5.74, 6) is -1.18. The Hall–Kier alpha value is -1.46. The minimum Gasteiger partial charge on any atom is -0.368 e. The van der Waals surface area contributed by atoms with Gasteiger partial charge in [0.2, 0.25) is 11.8 Å². The molecular weight excluding hydrogens is 242 g/mol. The van der Waals surface area contributed by atoms with Crippen LogP contribution < -0.4 is 5.73 Å². The zero-order valence-electron chi connectivity index (χ0n) is 10.4. The number of hydrogen-bond acceptors (Lipinski definition) is 2. The molecule has 1 aliphatic heterocycles. The molecule has 2 unspecified atom stereocenters. The molecule has 4 nitrogen and oxygen atoms in total. The molecule has 0 bridgehead atoms. The van der Waals surface area contributed by atoms with Crippen molar-refractivity contribution < 1.29 is 18.4 Å². The minimum atomic E-state index is -1.75.